The zero-order chi connectivity index (χ0) is 32.8. The molecule has 0 spiro atoms. The topological polar surface area (TPSA) is 154 Å². The van der Waals surface area contributed by atoms with Crippen LogP contribution in [0, 0.1) is 5.41 Å². The number of H-pyrrole nitrogens is 1. The van der Waals surface area contributed by atoms with Gasteiger partial charge in [0, 0.05) is 38.4 Å². The number of fused-ring (bicyclic) bond motifs is 1. The molecular weight excluding hydrogens is 590 g/mol. The third kappa shape index (κ3) is 7.41. The molecule has 0 fully saturated rings. The number of rotatable bonds is 10. The number of imidazole rings is 1. The summed E-state index contributed by atoms with van der Waals surface area (Å²) >= 11 is 0. The number of esters is 1. The number of benzene rings is 2. The van der Waals surface area contributed by atoms with Crippen LogP contribution in [0.4, 0.5) is 4.79 Å². The maximum atomic E-state index is 13.6. The summed E-state index contributed by atoms with van der Waals surface area (Å²) in [5, 5.41) is 14.5. The van der Waals surface area contributed by atoms with E-state index in [1.807, 2.05) is 73.9 Å². The molecule has 1 amide bonds. The number of hydrogen-bond acceptors (Lipinski definition) is 10. The molecule has 0 saturated carbocycles. The summed E-state index contributed by atoms with van der Waals surface area (Å²) in [4.78, 5) is 44.7. The Morgan fingerprint density at radius 3 is 2.39 bits per heavy atom. The number of aryl methyl sites for hydroxylation is 1. The summed E-state index contributed by atoms with van der Waals surface area (Å²) in [6.45, 7) is 9.49. The highest BCUT2D eigenvalue weighted by Crippen LogP contribution is 2.34. The van der Waals surface area contributed by atoms with Crippen LogP contribution in [0.5, 0.6) is 0 Å². The van der Waals surface area contributed by atoms with Gasteiger partial charge in [0.2, 0.25) is 18.5 Å². The molecule has 3 heterocycles. The Morgan fingerprint density at radius 1 is 1.00 bits per heavy atom. The Labute approximate surface area is 267 Å². The molecule has 1 N–H and O–H groups in total. The predicted octanol–water partition coefficient (Wildman–Crippen LogP) is 4.88. The van der Waals surface area contributed by atoms with Gasteiger partial charge in [-0.2, -0.15) is 5.21 Å². The Bertz CT molecular complexity index is 1680. The van der Waals surface area contributed by atoms with Crippen molar-refractivity contribution in [2.24, 2.45) is 5.41 Å². The first-order chi connectivity index (χ1) is 22.1. The van der Waals surface area contributed by atoms with Crippen LogP contribution in [0.2, 0.25) is 0 Å². The first-order valence-electron chi connectivity index (χ1n) is 15.3. The van der Waals surface area contributed by atoms with Gasteiger partial charge >= 0.3 is 12.1 Å². The summed E-state index contributed by atoms with van der Waals surface area (Å²) in [5.41, 5.74) is 4.90. The number of carbonyl (C=O) groups is 3. The second kappa shape index (κ2) is 13.9. The van der Waals surface area contributed by atoms with E-state index >= 15 is 0 Å². The highest BCUT2D eigenvalue weighted by molar-refractivity contribution is 5.85. The van der Waals surface area contributed by atoms with E-state index in [-0.39, 0.29) is 17.9 Å². The van der Waals surface area contributed by atoms with E-state index in [4.69, 9.17) is 19.2 Å². The standard InChI is InChI=1S/C33H39N7O6/c1-6-9-27-34-26-16-17-39(21(2)41)29(31(42)45-20-46-32(43)44-19-33(3,4)5)28(26)40(27)18-22-12-14-23(15-13-22)24-10-7-8-11-25(24)30-35-37-38-36-30/h7-8,10-15,29H,6,9,16-20H2,1-5H3,(H,35,36,37,38). The number of tetrazole rings is 1. The Hall–Kier alpha value is -5.07. The Balaban J connectivity index is 1.40. The van der Waals surface area contributed by atoms with Crippen molar-refractivity contribution in [2.45, 2.75) is 66.5 Å². The van der Waals surface area contributed by atoms with Crippen molar-refractivity contribution < 1.29 is 28.6 Å². The van der Waals surface area contributed by atoms with Gasteiger partial charge in [-0.1, -0.05) is 76.2 Å². The molecular formula is C33H39N7O6. The molecule has 4 aromatic rings. The number of hydrogen-bond donors (Lipinski definition) is 1. The maximum absolute atomic E-state index is 13.6. The molecule has 1 aliphatic heterocycles. The molecule has 1 unspecified atom stereocenters. The molecule has 13 nitrogen and oxygen atoms in total. The monoisotopic (exact) mass is 629 g/mol. The summed E-state index contributed by atoms with van der Waals surface area (Å²) in [5.74, 6) is 0.350. The molecule has 242 valence electrons. The minimum Gasteiger partial charge on any atom is -0.434 e. The molecule has 1 atom stereocenters. The van der Waals surface area contributed by atoms with E-state index in [0.717, 1.165) is 40.2 Å². The zero-order valence-corrected chi connectivity index (χ0v) is 26.8. The van der Waals surface area contributed by atoms with E-state index in [1.165, 1.54) is 11.8 Å². The Morgan fingerprint density at radius 2 is 1.74 bits per heavy atom. The lowest BCUT2D eigenvalue weighted by Crippen LogP contribution is -2.44. The lowest BCUT2D eigenvalue weighted by atomic mass is 9.98. The third-order valence-corrected chi connectivity index (χ3v) is 7.54. The number of ether oxygens (including phenoxy) is 3. The van der Waals surface area contributed by atoms with Gasteiger partial charge in [-0.25, -0.2) is 14.6 Å². The van der Waals surface area contributed by atoms with Crippen LogP contribution in [0.15, 0.2) is 48.5 Å². The van der Waals surface area contributed by atoms with Crippen LogP contribution >= 0.6 is 0 Å². The van der Waals surface area contributed by atoms with E-state index in [1.54, 1.807) is 0 Å². The molecule has 0 radical (unpaired) electrons. The van der Waals surface area contributed by atoms with Gasteiger partial charge in [0.1, 0.15) is 5.82 Å². The van der Waals surface area contributed by atoms with Crippen molar-refractivity contribution in [1.29, 1.82) is 0 Å². The third-order valence-electron chi connectivity index (χ3n) is 7.54. The van der Waals surface area contributed by atoms with Crippen LogP contribution in [0.1, 0.15) is 69.9 Å². The van der Waals surface area contributed by atoms with Gasteiger partial charge in [-0.15, -0.1) is 10.2 Å². The van der Waals surface area contributed by atoms with Crippen LogP contribution < -0.4 is 0 Å². The number of aromatic nitrogens is 6. The van der Waals surface area contributed by atoms with Gasteiger partial charge < -0.3 is 23.7 Å². The van der Waals surface area contributed by atoms with Gasteiger partial charge in [0.15, 0.2) is 6.04 Å². The highest BCUT2D eigenvalue weighted by atomic mass is 16.8. The van der Waals surface area contributed by atoms with Crippen LogP contribution in [-0.2, 0) is 43.2 Å². The first-order valence-corrected chi connectivity index (χ1v) is 15.3. The molecule has 13 heteroatoms. The first kappa shape index (κ1) is 32.3. The molecule has 5 rings (SSSR count). The minimum absolute atomic E-state index is 0.148. The fourth-order valence-corrected chi connectivity index (χ4v) is 5.44. The van der Waals surface area contributed by atoms with Gasteiger partial charge in [-0.3, -0.25) is 4.79 Å². The van der Waals surface area contributed by atoms with E-state index in [0.29, 0.717) is 37.4 Å². The average molecular weight is 630 g/mol. The largest absolute Gasteiger partial charge is 0.511 e. The predicted molar refractivity (Wildman–Crippen MR) is 167 cm³/mol. The molecule has 0 aliphatic carbocycles. The molecule has 2 aromatic carbocycles. The maximum Gasteiger partial charge on any atom is 0.511 e. The smallest absolute Gasteiger partial charge is 0.434 e. The van der Waals surface area contributed by atoms with Crippen molar-refractivity contribution in [3.63, 3.8) is 0 Å². The highest BCUT2D eigenvalue weighted by Gasteiger charge is 2.40. The van der Waals surface area contributed by atoms with Crippen LogP contribution in [0.25, 0.3) is 22.5 Å². The van der Waals surface area contributed by atoms with Crippen LogP contribution in [0.3, 0.4) is 0 Å². The van der Waals surface area contributed by atoms with Crippen LogP contribution in [-0.4, -0.2) is 73.1 Å². The summed E-state index contributed by atoms with van der Waals surface area (Å²) in [6.07, 6.45) is 1.10. The lowest BCUT2D eigenvalue weighted by Gasteiger charge is -2.34. The quantitative estimate of drug-likeness (QED) is 0.190. The van der Waals surface area contributed by atoms with Crippen molar-refractivity contribution in [3.05, 3.63) is 71.3 Å². The van der Waals surface area contributed by atoms with Crippen molar-refractivity contribution >= 4 is 18.0 Å². The van der Waals surface area contributed by atoms with Crippen molar-refractivity contribution in [3.8, 4) is 22.5 Å². The van der Waals surface area contributed by atoms with Gasteiger partial charge in [0.05, 0.1) is 18.0 Å². The molecule has 46 heavy (non-hydrogen) atoms. The summed E-state index contributed by atoms with van der Waals surface area (Å²) in [6, 6.07) is 14.9. The zero-order valence-electron chi connectivity index (χ0n) is 26.8. The van der Waals surface area contributed by atoms with E-state index in [2.05, 4.69) is 27.5 Å². The minimum atomic E-state index is -1.05. The summed E-state index contributed by atoms with van der Waals surface area (Å²) < 4.78 is 17.5. The second-order valence-electron chi connectivity index (χ2n) is 12.4. The SMILES string of the molecule is CCCc1nc2c(n1Cc1ccc(-c3ccccc3-c3nn[nH]n3)cc1)C(C(=O)OCOC(=O)OCC(C)(C)C)N(C(C)=O)CC2. The molecule has 1 aliphatic rings. The summed E-state index contributed by atoms with van der Waals surface area (Å²) in [7, 11) is 0. The fourth-order valence-electron chi connectivity index (χ4n) is 5.44. The Kier molecular flexibility index (Phi) is 9.78. The number of nitrogens with zero attached hydrogens (tertiary/aromatic N) is 6. The number of amides is 1. The number of aromatic amines is 1. The van der Waals surface area contributed by atoms with E-state index in [9.17, 15) is 14.4 Å². The second-order valence-corrected chi connectivity index (χ2v) is 12.4. The van der Waals surface area contributed by atoms with Crippen molar-refractivity contribution in [1.82, 2.24) is 35.1 Å². The number of carbonyl (C=O) groups excluding carboxylic acids is 3. The molecule has 0 bridgehead atoms. The molecule has 0 saturated heterocycles. The normalized spacial score (nSPS) is 14.5. The average Bonchev–Trinajstić information content (AvgIpc) is 3.68. The van der Waals surface area contributed by atoms with Crippen molar-refractivity contribution in [2.75, 3.05) is 19.9 Å². The van der Waals surface area contributed by atoms with E-state index < -0.39 is 25.0 Å². The number of nitrogens with one attached hydrogen (secondary N) is 1. The molecule has 2 aromatic heterocycles. The van der Waals surface area contributed by atoms with Gasteiger partial charge in [0.25, 0.3) is 0 Å². The fraction of sp³-hybridized carbons (Fsp3) is 0.424. The van der Waals surface area contributed by atoms with Gasteiger partial charge in [-0.05, 0) is 33.7 Å². The lowest BCUT2D eigenvalue weighted by molar-refractivity contribution is -0.164.